The first-order valence-corrected chi connectivity index (χ1v) is 6.71. The van der Waals surface area contributed by atoms with Crippen LogP contribution in [-0.4, -0.2) is 5.78 Å². The van der Waals surface area contributed by atoms with Crippen molar-refractivity contribution in [3.63, 3.8) is 0 Å². The maximum Gasteiger partial charge on any atom is 0.185 e. The number of hydrogen-bond acceptors (Lipinski definition) is 2. The van der Waals surface area contributed by atoms with Crippen LogP contribution < -0.4 is 5.11 Å². The molecule has 0 unspecified atom stereocenters. The van der Waals surface area contributed by atoms with Crippen molar-refractivity contribution < 1.29 is 9.90 Å². The Morgan fingerprint density at radius 2 is 1.43 bits per heavy atom. The second-order valence-corrected chi connectivity index (χ2v) is 4.80. The van der Waals surface area contributed by atoms with E-state index in [0.717, 1.165) is 16.8 Å². The zero-order chi connectivity index (χ0) is 14.7. The van der Waals surface area contributed by atoms with Crippen LogP contribution in [0.1, 0.15) is 15.9 Å². The minimum Gasteiger partial charge on any atom is -0.872 e. The molecule has 0 aliphatic heterocycles. The third kappa shape index (κ3) is 2.84. The van der Waals surface area contributed by atoms with Gasteiger partial charge in [0.2, 0.25) is 0 Å². The predicted molar refractivity (Wildman–Crippen MR) is 82.7 cm³/mol. The van der Waals surface area contributed by atoms with Gasteiger partial charge in [0, 0.05) is 5.56 Å². The molecule has 0 fully saturated rings. The lowest BCUT2D eigenvalue weighted by molar-refractivity contribution is -0.243. The predicted octanol–water partition coefficient (Wildman–Crippen LogP) is 3.42. The molecule has 3 rings (SSSR count). The number of allylic oxidation sites excluding steroid dienone is 1. The van der Waals surface area contributed by atoms with Crippen molar-refractivity contribution in [3.05, 3.63) is 90.0 Å². The monoisotopic (exact) mass is 273 g/mol. The normalized spacial score (nSPS) is 11.5. The van der Waals surface area contributed by atoms with Crippen molar-refractivity contribution in [1.82, 2.24) is 0 Å². The van der Waals surface area contributed by atoms with Crippen LogP contribution in [0.25, 0.3) is 16.5 Å². The van der Waals surface area contributed by atoms with Crippen LogP contribution in [0.5, 0.6) is 0 Å². The van der Waals surface area contributed by atoms with Gasteiger partial charge in [-0.05, 0) is 28.5 Å². The van der Waals surface area contributed by atoms with Crippen LogP contribution >= 0.6 is 0 Å². The van der Waals surface area contributed by atoms with Gasteiger partial charge in [-0.15, -0.1) is 0 Å². The molecule has 0 aromatic heterocycles. The number of rotatable bonds is 3. The van der Waals surface area contributed by atoms with Gasteiger partial charge in [-0.3, -0.25) is 4.79 Å². The van der Waals surface area contributed by atoms with Gasteiger partial charge in [-0.25, -0.2) is 0 Å². The lowest BCUT2D eigenvalue weighted by Gasteiger charge is -2.13. The highest BCUT2D eigenvalue weighted by Gasteiger charge is 2.01. The topological polar surface area (TPSA) is 40.1 Å². The van der Waals surface area contributed by atoms with E-state index in [0.29, 0.717) is 11.1 Å². The van der Waals surface area contributed by atoms with Crippen molar-refractivity contribution in [2.75, 3.05) is 0 Å². The molecule has 0 atom stereocenters. The van der Waals surface area contributed by atoms with Gasteiger partial charge >= 0.3 is 0 Å². The summed E-state index contributed by atoms with van der Waals surface area (Å²) >= 11 is 0. The number of fused-ring (bicyclic) bond motifs is 1. The van der Waals surface area contributed by atoms with E-state index in [1.54, 1.807) is 30.3 Å². The molecule has 0 bridgehead atoms. The second kappa shape index (κ2) is 5.63. The number of ketones is 1. The molecule has 0 heterocycles. The van der Waals surface area contributed by atoms with E-state index >= 15 is 0 Å². The SMILES string of the molecule is O=C(/C=C(\[O-])c1ccc2ccccc2c1)c1ccccc1. The van der Waals surface area contributed by atoms with Crippen LogP contribution in [-0.2, 0) is 0 Å². The Kier molecular flexibility index (Phi) is 3.52. The molecule has 21 heavy (non-hydrogen) atoms. The highest BCUT2D eigenvalue weighted by molar-refractivity contribution is 6.07. The summed E-state index contributed by atoms with van der Waals surface area (Å²) in [5, 5.41) is 14.3. The van der Waals surface area contributed by atoms with Crippen molar-refractivity contribution in [1.29, 1.82) is 0 Å². The lowest BCUT2D eigenvalue weighted by Crippen LogP contribution is -2.06. The third-order valence-corrected chi connectivity index (χ3v) is 3.35. The standard InChI is InChI=1S/C19H14O2/c20-18(15-7-2-1-3-8-15)13-19(21)17-11-10-14-6-4-5-9-16(14)12-17/h1-13,21H/p-1/b19-13-. The number of hydrogen-bond donors (Lipinski definition) is 0. The molecule has 3 aromatic rings. The summed E-state index contributed by atoms with van der Waals surface area (Å²) in [7, 11) is 0. The number of carbonyl (C=O) groups excluding carboxylic acids is 1. The summed E-state index contributed by atoms with van der Waals surface area (Å²) in [5.41, 5.74) is 1.05. The Hall–Kier alpha value is -2.87. The van der Waals surface area contributed by atoms with Crippen molar-refractivity contribution in [2.45, 2.75) is 0 Å². The molecule has 0 aliphatic rings. The quantitative estimate of drug-likeness (QED) is 0.417. The van der Waals surface area contributed by atoms with E-state index in [-0.39, 0.29) is 11.5 Å². The third-order valence-electron chi connectivity index (χ3n) is 3.35. The fourth-order valence-electron chi connectivity index (χ4n) is 2.23. The van der Waals surface area contributed by atoms with Gasteiger partial charge in [0.1, 0.15) is 0 Å². The van der Waals surface area contributed by atoms with Crippen LogP contribution in [0.4, 0.5) is 0 Å². The molecule has 0 radical (unpaired) electrons. The summed E-state index contributed by atoms with van der Waals surface area (Å²) in [6.45, 7) is 0. The molecule has 3 aromatic carbocycles. The fraction of sp³-hybridized carbons (Fsp3) is 0. The molecular weight excluding hydrogens is 260 g/mol. The maximum atomic E-state index is 12.2. The van der Waals surface area contributed by atoms with E-state index in [1.807, 2.05) is 42.5 Å². The first-order chi connectivity index (χ1) is 10.2. The average molecular weight is 273 g/mol. The Bertz CT molecular complexity index is 817. The Morgan fingerprint density at radius 1 is 0.762 bits per heavy atom. The van der Waals surface area contributed by atoms with Crippen LogP contribution in [0.15, 0.2) is 78.9 Å². The Balaban J connectivity index is 1.94. The summed E-state index contributed by atoms with van der Waals surface area (Å²) in [5.74, 6) is -0.539. The zero-order valence-electron chi connectivity index (χ0n) is 11.3. The van der Waals surface area contributed by atoms with Gasteiger partial charge in [0.25, 0.3) is 0 Å². The largest absolute Gasteiger partial charge is 0.872 e. The summed E-state index contributed by atoms with van der Waals surface area (Å²) in [4.78, 5) is 12.0. The first-order valence-electron chi connectivity index (χ1n) is 6.71. The average Bonchev–Trinajstić information content (AvgIpc) is 2.55. The molecule has 0 amide bonds. The van der Waals surface area contributed by atoms with Crippen LogP contribution in [0.2, 0.25) is 0 Å². The molecule has 102 valence electrons. The van der Waals surface area contributed by atoms with Gasteiger partial charge in [0.05, 0.1) is 0 Å². The first kappa shape index (κ1) is 13.1. The number of carbonyl (C=O) groups is 1. The van der Waals surface area contributed by atoms with Crippen molar-refractivity contribution in [3.8, 4) is 0 Å². The van der Waals surface area contributed by atoms with Crippen molar-refractivity contribution >= 4 is 22.3 Å². The summed E-state index contributed by atoms with van der Waals surface area (Å²) in [6, 6.07) is 22.1. The summed E-state index contributed by atoms with van der Waals surface area (Å²) in [6.07, 6.45) is 1.15. The van der Waals surface area contributed by atoms with Gasteiger partial charge < -0.3 is 5.11 Å². The van der Waals surface area contributed by atoms with Crippen molar-refractivity contribution in [2.24, 2.45) is 0 Å². The van der Waals surface area contributed by atoms with Gasteiger partial charge in [-0.1, -0.05) is 72.5 Å². The minimum absolute atomic E-state index is 0.269. The van der Waals surface area contributed by atoms with E-state index in [2.05, 4.69) is 0 Å². The van der Waals surface area contributed by atoms with E-state index < -0.39 is 0 Å². The van der Waals surface area contributed by atoms with E-state index in [4.69, 9.17) is 0 Å². The maximum absolute atomic E-state index is 12.2. The molecule has 0 saturated heterocycles. The highest BCUT2D eigenvalue weighted by Crippen LogP contribution is 2.19. The minimum atomic E-state index is -0.270. The Labute approximate surface area is 123 Å². The molecular formula is C19H13O2-. The molecule has 0 saturated carbocycles. The molecule has 2 nitrogen and oxygen atoms in total. The molecule has 0 aliphatic carbocycles. The summed E-state index contributed by atoms with van der Waals surface area (Å²) < 4.78 is 0. The highest BCUT2D eigenvalue weighted by atomic mass is 16.3. The fourth-order valence-corrected chi connectivity index (χ4v) is 2.23. The smallest absolute Gasteiger partial charge is 0.185 e. The lowest BCUT2D eigenvalue weighted by atomic mass is 10.0. The molecule has 0 spiro atoms. The molecule has 0 N–H and O–H groups in total. The second-order valence-electron chi connectivity index (χ2n) is 4.80. The van der Waals surface area contributed by atoms with Gasteiger partial charge in [0.15, 0.2) is 5.78 Å². The van der Waals surface area contributed by atoms with E-state index in [9.17, 15) is 9.90 Å². The van der Waals surface area contributed by atoms with E-state index in [1.165, 1.54) is 0 Å². The molecule has 2 heteroatoms. The van der Waals surface area contributed by atoms with Crippen LogP contribution in [0.3, 0.4) is 0 Å². The number of benzene rings is 3. The Morgan fingerprint density at radius 3 is 2.19 bits per heavy atom. The zero-order valence-corrected chi connectivity index (χ0v) is 11.3. The van der Waals surface area contributed by atoms with Crippen LogP contribution in [0, 0.1) is 0 Å². The van der Waals surface area contributed by atoms with Gasteiger partial charge in [-0.2, -0.15) is 0 Å².